The molecule has 1 aromatic rings. The molecular formula is C12H11F6NO2. The van der Waals surface area contributed by atoms with Crippen LogP contribution >= 0.6 is 0 Å². The second-order valence-electron chi connectivity index (χ2n) is 4.20. The topological polar surface area (TPSA) is 29.5 Å². The summed E-state index contributed by atoms with van der Waals surface area (Å²) in [6, 6.07) is 3.30. The zero-order chi connectivity index (χ0) is 16.4. The van der Waals surface area contributed by atoms with Crippen LogP contribution in [0.5, 0.6) is 5.75 Å². The van der Waals surface area contributed by atoms with E-state index in [4.69, 9.17) is 0 Å². The van der Waals surface area contributed by atoms with Gasteiger partial charge in [0.05, 0.1) is 7.11 Å². The fourth-order valence-corrected chi connectivity index (χ4v) is 1.51. The van der Waals surface area contributed by atoms with E-state index in [1.165, 1.54) is 19.2 Å². The maximum Gasteiger partial charge on any atom is 0.463 e. The van der Waals surface area contributed by atoms with E-state index in [1.807, 2.05) is 0 Å². The van der Waals surface area contributed by atoms with Gasteiger partial charge in [0.2, 0.25) is 0 Å². The lowest BCUT2D eigenvalue weighted by atomic mass is 10.2. The van der Waals surface area contributed by atoms with Gasteiger partial charge in [-0.3, -0.25) is 4.79 Å². The average molecular weight is 315 g/mol. The van der Waals surface area contributed by atoms with Gasteiger partial charge in [0, 0.05) is 13.6 Å². The summed E-state index contributed by atoms with van der Waals surface area (Å²) in [6.07, 6.45) is -5.98. The van der Waals surface area contributed by atoms with Gasteiger partial charge in [-0.2, -0.15) is 22.0 Å². The fourth-order valence-electron chi connectivity index (χ4n) is 1.51. The number of carbonyl (C=O) groups is 1. The van der Waals surface area contributed by atoms with E-state index in [1.54, 1.807) is 0 Å². The molecule has 0 N–H and O–H groups in total. The Hall–Kier alpha value is -1.93. The third-order valence-corrected chi connectivity index (χ3v) is 2.61. The van der Waals surface area contributed by atoms with Gasteiger partial charge in [-0.15, -0.1) is 0 Å². The number of hydrogen-bond donors (Lipinski definition) is 0. The number of hydrogen-bond acceptors (Lipinski definition) is 2. The molecule has 118 valence electrons. The highest BCUT2D eigenvalue weighted by Crippen LogP contribution is 2.36. The lowest BCUT2D eigenvalue weighted by Gasteiger charge is -2.25. The molecule has 0 aliphatic carbocycles. The molecule has 1 rings (SSSR count). The SMILES string of the molecule is COc1ccc(CN(C)C(=O)C(F)(F)C(F)(F)F)cc1F. The Balaban J connectivity index is 2.89. The van der Waals surface area contributed by atoms with E-state index in [0.717, 1.165) is 13.1 Å². The molecule has 0 radical (unpaired) electrons. The first kappa shape index (κ1) is 17.1. The Kier molecular flexibility index (Phi) is 4.75. The number of alkyl halides is 5. The van der Waals surface area contributed by atoms with E-state index >= 15 is 0 Å². The maximum atomic E-state index is 13.4. The molecule has 1 amide bonds. The minimum atomic E-state index is -5.98. The van der Waals surface area contributed by atoms with Crippen molar-refractivity contribution in [2.75, 3.05) is 14.2 Å². The van der Waals surface area contributed by atoms with E-state index in [-0.39, 0.29) is 16.2 Å². The molecular weight excluding hydrogens is 304 g/mol. The van der Waals surface area contributed by atoms with E-state index < -0.39 is 30.4 Å². The molecule has 0 fully saturated rings. The molecule has 1 aromatic carbocycles. The number of amides is 1. The van der Waals surface area contributed by atoms with E-state index in [2.05, 4.69) is 4.74 Å². The first-order valence-corrected chi connectivity index (χ1v) is 5.53. The third-order valence-electron chi connectivity index (χ3n) is 2.61. The summed E-state index contributed by atoms with van der Waals surface area (Å²) in [7, 11) is 1.97. The molecule has 9 heteroatoms. The Bertz CT molecular complexity index is 529. The number of carbonyl (C=O) groups excluding carboxylic acids is 1. The van der Waals surface area contributed by atoms with Crippen LogP contribution in [0, 0.1) is 5.82 Å². The first-order valence-electron chi connectivity index (χ1n) is 5.53. The fraction of sp³-hybridized carbons (Fsp3) is 0.417. The van der Waals surface area contributed by atoms with Crippen molar-refractivity contribution in [2.45, 2.75) is 18.6 Å². The van der Waals surface area contributed by atoms with Gasteiger partial charge in [0.25, 0.3) is 0 Å². The number of rotatable bonds is 4. The Morgan fingerprint density at radius 2 is 1.81 bits per heavy atom. The van der Waals surface area contributed by atoms with Gasteiger partial charge in [-0.25, -0.2) is 4.39 Å². The summed E-state index contributed by atoms with van der Waals surface area (Å²) >= 11 is 0. The van der Waals surface area contributed by atoms with Gasteiger partial charge in [-0.05, 0) is 17.7 Å². The van der Waals surface area contributed by atoms with Crippen LogP contribution in [0.4, 0.5) is 26.3 Å². The summed E-state index contributed by atoms with van der Waals surface area (Å²) in [6.45, 7) is -0.606. The van der Waals surface area contributed by atoms with Crippen LogP contribution < -0.4 is 4.74 Å². The van der Waals surface area contributed by atoms with Crippen molar-refractivity contribution in [3.63, 3.8) is 0 Å². The number of halogens is 6. The third kappa shape index (κ3) is 3.59. The Morgan fingerprint density at radius 1 is 1.24 bits per heavy atom. The Morgan fingerprint density at radius 3 is 2.24 bits per heavy atom. The van der Waals surface area contributed by atoms with Crippen LogP contribution in [0.1, 0.15) is 5.56 Å². The van der Waals surface area contributed by atoms with Gasteiger partial charge in [-0.1, -0.05) is 6.07 Å². The molecule has 0 saturated carbocycles. The predicted molar refractivity (Wildman–Crippen MR) is 60.4 cm³/mol. The van der Waals surface area contributed by atoms with Crippen LogP contribution in [0.2, 0.25) is 0 Å². The van der Waals surface area contributed by atoms with Crippen molar-refractivity contribution < 1.29 is 35.9 Å². The van der Waals surface area contributed by atoms with Crippen molar-refractivity contribution in [1.29, 1.82) is 0 Å². The quantitative estimate of drug-likeness (QED) is 0.800. The number of benzene rings is 1. The smallest absolute Gasteiger partial charge is 0.463 e. The van der Waals surface area contributed by atoms with E-state index in [0.29, 0.717) is 0 Å². The van der Waals surface area contributed by atoms with Crippen molar-refractivity contribution in [3.05, 3.63) is 29.6 Å². The first-order chi connectivity index (χ1) is 9.50. The molecule has 0 bridgehead atoms. The summed E-state index contributed by atoms with van der Waals surface area (Å²) in [5, 5.41) is 0. The van der Waals surface area contributed by atoms with E-state index in [9.17, 15) is 31.1 Å². The number of ether oxygens (including phenoxy) is 1. The zero-order valence-corrected chi connectivity index (χ0v) is 11.0. The lowest BCUT2D eigenvalue weighted by molar-refractivity contribution is -0.274. The average Bonchev–Trinajstić information content (AvgIpc) is 2.36. The highest BCUT2D eigenvalue weighted by Gasteiger charge is 2.64. The van der Waals surface area contributed by atoms with Crippen LogP contribution in [0.3, 0.4) is 0 Å². The van der Waals surface area contributed by atoms with Gasteiger partial charge < -0.3 is 9.64 Å². The van der Waals surface area contributed by atoms with Crippen LogP contribution in [0.15, 0.2) is 18.2 Å². The molecule has 0 aliphatic heterocycles. The molecule has 21 heavy (non-hydrogen) atoms. The molecule has 0 saturated heterocycles. The highest BCUT2D eigenvalue weighted by molar-refractivity contribution is 5.84. The van der Waals surface area contributed by atoms with Crippen LogP contribution in [-0.4, -0.2) is 37.1 Å². The van der Waals surface area contributed by atoms with Gasteiger partial charge in [0.1, 0.15) is 0 Å². The minimum Gasteiger partial charge on any atom is -0.494 e. The van der Waals surface area contributed by atoms with Crippen molar-refractivity contribution in [1.82, 2.24) is 4.90 Å². The highest BCUT2D eigenvalue weighted by atomic mass is 19.4. The summed E-state index contributed by atoms with van der Waals surface area (Å²) in [4.78, 5) is 11.3. The summed E-state index contributed by atoms with van der Waals surface area (Å²) in [5.74, 6) is -8.84. The normalized spacial score (nSPS) is 12.2. The molecule has 0 heterocycles. The molecule has 0 aromatic heterocycles. The second-order valence-corrected chi connectivity index (χ2v) is 4.20. The van der Waals surface area contributed by atoms with Crippen LogP contribution in [-0.2, 0) is 11.3 Å². The largest absolute Gasteiger partial charge is 0.494 e. The molecule has 3 nitrogen and oxygen atoms in total. The van der Waals surface area contributed by atoms with Gasteiger partial charge in [0.15, 0.2) is 11.6 Å². The molecule has 0 atom stereocenters. The van der Waals surface area contributed by atoms with Crippen LogP contribution in [0.25, 0.3) is 0 Å². The molecule has 0 spiro atoms. The maximum absolute atomic E-state index is 13.4. The molecule has 0 aliphatic rings. The summed E-state index contributed by atoms with van der Waals surface area (Å²) in [5.41, 5.74) is 0.0436. The lowest BCUT2D eigenvalue weighted by Crippen LogP contribution is -2.50. The zero-order valence-electron chi connectivity index (χ0n) is 11.0. The van der Waals surface area contributed by atoms with Gasteiger partial charge >= 0.3 is 18.0 Å². The van der Waals surface area contributed by atoms with Crippen molar-refractivity contribution in [2.24, 2.45) is 0 Å². The minimum absolute atomic E-state index is 0.0436. The number of methoxy groups -OCH3 is 1. The Labute approximate surface area is 116 Å². The van der Waals surface area contributed by atoms with Crippen molar-refractivity contribution in [3.8, 4) is 5.75 Å². The monoisotopic (exact) mass is 315 g/mol. The number of nitrogens with zero attached hydrogens (tertiary/aromatic N) is 1. The molecule has 0 unspecified atom stereocenters. The second kappa shape index (κ2) is 5.82. The standard InChI is InChI=1S/C12H11F6NO2/c1-19(10(20)11(14,15)12(16,17)18)6-7-3-4-9(21-2)8(13)5-7/h3-5H,6H2,1-2H3. The van der Waals surface area contributed by atoms with Crippen molar-refractivity contribution >= 4 is 5.91 Å². The summed E-state index contributed by atoms with van der Waals surface area (Å²) < 4.78 is 79.9. The predicted octanol–water partition coefficient (Wildman–Crippen LogP) is 2.99.